The number of halogens is 1. The number of hydrogen-bond acceptors (Lipinski definition) is 3. The molecule has 3 nitrogen and oxygen atoms in total. The Morgan fingerprint density at radius 2 is 1.79 bits per heavy atom. The summed E-state index contributed by atoms with van der Waals surface area (Å²) in [5.74, 6) is 1.33. The normalized spacial score (nSPS) is 10.6. The van der Waals surface area contributed by atoms with Crippen molar-refractivity contribution in [1.82, 2.24) is 0 Å². The first-order chi connectivity index (χ1) is 13.5. The van der Waals surface area contributed by atoms with Crippen LogP contribution in [0.15, 0.2) is 65.6 Å². The second kappa shape index (κ2) is 9.18. The molecule has 3 rings (SSSR count). The van der Waals surface area contributed by atoms with E-state index in [9.17, 15) is 4.79 Å². The zero-order valence-electron chi connectivity index (χ0n) is 16.1. The molecule has 0 unspecified atom stereocenters. The lowest BCUT2D eigenvalue weighted by Gasteiger charge is -2.13. The lowest BCUT2D eigenvalue weighted by atomic mass is 10.1. The summed E-state index contributed by atoms with van der Waals surface area (Å²) in [6, 6.07) is 19.2. The van der Waals surface area contributed by atoms with Crippen molar-refractivity contribution in [3.05, 3.63) is 87.9 Å². The molecule has 3 aromatic rings. The van der Waals surface area contributed by atoms with Gasteiger partial charge in [0.2, 0.25) is 0 Å². The van der Waals surface area contributed by atoms with Crippen LogP contribution in [-0.4, -0.2) is 13.0 Å². The van der Waals surface area contributed by atoms with Crippen LogP contribution >= 0.6 is 23.4 Å². The number of ether oxygens (including phenoxy) is 1. The zero-order chi connectivity index (χ0) is 20.1. The molecule has 1 N–H and O–H groups in total. The van der Waals surface area contributed by atoms with Crippen molar-refractivity contribution in [2.45, 2.75) is 24.5 Å². The fraction of sp³-hybridized carbons (Fsp3) is 0.174. The highest BCUT2D eigenvalue weighted by Crippen LogP contribution is 2.30. The number of rotatable bonds is 6. The molecular weight excluding hydrogens is 390 g/mol. The van der Waals surface area contributed by atoms with Crippen LogP contribution in [0.3, 0.4) is 0 Å². The largest absolute Gasteiger partial charge is 0.496 e. The van der Waals surface area contributed by atoms with E-state index in [0.29, 0.717) is 16.3 Å². The number of hydrogen-bond donors (Lipinski definition) is 1. The first-order valence-corrected chi connectivity index (χ1v) is 10.3. The van der Waals surface area contributed by atoms with Crippen molar-refractivity contribution in [2.24, 2.45) is 0 Å². The third kappa shape index (κ3) is 5.09. The fourth-order valence-electron chi connectivity index (χ4n) is 2.79. The third-order valence-corrected chi connectivity index (χ3v) is 5.70. The second-order valence-electron chi connectivity index (χ2n) is 6.54. The Hall–Kier alpha value is -2.43. The number of benzene rings is 3. The SMILES string of the molecule is COc1ccc(C(=O)Nc2cc(C)ccc2C)cc1CSc1ccc(Cl)cc1. The first kappa shape index (κ1) is 20.3. The number of nitrogens with one attached hydrogen (secondary N) is 1. The van der Waals surface area contributed by atoms with Crippen LogP contribution in [0.25, 0.3) is 0 Å². The second-order valence-corrected chi connectivity index (χ2v) is 8.03. The molecule has 0 radical (unpaired) electrons. The number of carbonyl (C=O) groups is 1. The molecule has 0 fully saturated rings. The van der Waals surface area contributed by atoms with Gasteiger partial charge in [-0.15, -0.1) is 11.8 Å². The van der Waals surface area contributed by atoms with Crippen molar-refractivity contribution in [2.75, 3.05) is 12.4 Å². The molecule has 0 aliphatic carbocycles. The molecule has 0 spiro atoms. The van der Waals surface area contributed by atoms with Crippen LogP contribution in [0.2, 0.25) is 5.02 Å². The summed E-state index contributed by atoms with van der Waals surface area (Å²) < 4.78 is 5.47. The molecule has 28 heavy (non-hydrogen) atoms. The van der Waals surface area contributed by atoms with Crippen LogP contribution in [0.5, 0.6) is 5.75 Å². The summed E-state index contributed by atoms with van der Waals surface area (Å²) in [5, 5.41) is 3.73. The maximum absolute atomic E-state index is 12.8. The lowest BCUT2D eigenvalue weighted by Crippen LogP contribution is -2.13. The highest BCUT2D eigenvalue weighted by atomic mass is 35.5. The van der Waals surface area contributed by atoms with Crippen LogP contribution in [-0.2, 0) is 5.75 Å². The first-order valence-electron chi connectivity index (χ1n) is 8.90. The molecule has 0 aliphatic rings. The van der Waals surface area contributed by atoms with E-state index in [1.54, 1.807) is 24.9 Å². The van der Waals surface area contributed by atoms with Crippen LogP contribution in [0.1, 0.15) is 27.0 Å². The Morgan fingerprint density at radius 1 is 1.04 bits per heavy atom. The highest BCUT2D eigenvalue weighted by Gasteiger charge is 2.12. The minimum Gasteiger partial charge on any atom is -0.496 e. The lowest BCUT2D eigenvalue weighted by molar-refractivity contribution is 0.102. The molecular formula is C23H22ClNO2S. The molecule has 0 saturated heterocycles. The molecule has 0 bridgehead atoms. The summed E-state index contributed by atoms with van der Waals surface area (Å²) >= 11 is 7.62. The van der Waals surface area contributed by atoms with Crippen molar-refractivity contribution in [3.63, 3.8) is 0 Å². The minimum atomic E-state index is -0.130. The van der Waals surface area contributed by atoms with E-state index in [0.717, 1.165) is 33.0 Å². The van der Waals surface area contributed by atoms with Crippen LogP contribution < -0.4 is 10.1 Å². The van der Waals surface area contributed by atoms with Gasteiger partial charge in [0.1, 0.15) is 5.75 Å². The van der Waals surface area contributed by atoms with E-state index in [-0.39, 0.29) is 5.91 Å². The molecule has 1 amide bonds. The van der Waals surface area contributed by atoms with Gasteiger partial charge in [-0.05, 0) is 73.5 Å². The van der Waals surface area contributed by atoms with Crippen LogP contribution in [0, 0.1) is 13.8 Å². The molecule has 0 heterocycles. The van der Waals surface area contributed by atoms with Gasteiger partial charge < -0.3 is 10.1 Å². The topological polar surface area (TPSA) is 38.3 Å². The smallest absolute Gasteiger partial charge is 0.255 e. The molecule has 0 atom stereocenters. The minimum absolute atomic E-state index is 0.130. The van der Waals surface area contributed by atoms with E-state index in [4.69, 9.17) is 16.3 Å². The van der Waals surface area contributed by atoms with Gasteiger partial charge in [0.25, 0.3) is 5.91 Å². The van der Waals surface area contributed by atoms with Gasteiger partial charge in [-0.25, -0.2) is 0 Å². The Morgan fingerprint density at radius 3 is 2.50 bits per heavy atom. The quantitative estimate of drug-likeness (QED) is 0.470. The van der Waals surface area contributed by atoms with Crippen molar-refractivity contribution < 1.29 is 9.53 Å². The van der Waals surface area contributed by atoms with Gasteiger partial charge in [0.15, 0.2) is 0 Å². The Labute approximate surface area is 175 Å². The van der Waals surface area contributed by atoms with Crippen molar-refractivity contribution in [3.8, 4) is 5.75 Å². The highest BCUT2D eigenvalue weighted by molar-refractivity contribution is 7.98. The average molecular weight is 412 g/mol. The molecule has 0 aromatic heterocycles. The monoisotopic (exact) mass is 411 g/mol. The van der Waals surface area contributed by atoms with E-state index in [1.807, 2.05) is 68.4 Å². The maximum atomic E-state index is 12.8. The summed E-state index contributed by atoms with van der Waals surface area (Å²) in [7, 11) is 1.64. The Kier molecular flexibility index (Phi) is 6.65. The average Bonchev–Trinajstić information content (AvgIpc) is 2.70. The van der Waals surface area contributed by atoms with Gasteiger partial charge in [-0.3, -0.25) is 4.79 Å². The Bertz CT molecular complexity index is 986. The Balaban J connectivity index is 1.78. The predicted octanol–water partition coefficient (Wildman–Crippen LogP) is 6.51. The number of thioether (sulfide) groups is 1. The third-order valence-electron chi connectivity index (χ3n) is 4.39. The molecule has 5 heteroatoms. The summed E-state index contributed by atoms with van der Waals surface area (Å²) in [5.41, 5.74) is 4.55. The summed E-state index contributed by atoms with van der Waals surface area (Å²) in [6.45, 7) is 3.99. The van der Waals surface area contributed by atoms with E-state index in [2.05, 4.69) is 5.32 Å². The van der Waals surface area contributed by atoms with Gasteiger partial charge in [0, 0.05) is 32.5 Å². The summed E-state index contributed by atoms with van der Waals surface area (Å²) in [4.78, 5) is 13.9. The summed E-state index contributed by atoms with van der Waals surface area (Å²) in [6.07, 6.45) is 0. The van der Waals surface area contributed by atoms with Crippen molar-refractivity contribution in [1.29, 1.82) is 0 Å². The number of carbonyl (C=O) groups excluding carboxylic acids is 1. The van der Waals surface area contributed by atoms with Gasteiger partial charge >= 0.3 is 0 Å². The van der Waals surface area contributed by atoms with Gasteiger partial charge in [0.05, 0.1) is 7.11 Å². The number of anilines is 1. The maximum Gasteiger partial charge on any atom is 0.255 e. The van der Waals surface area contributed by atoms with Gasteiger partial charge in [-0.2, -0.15) is 0 Å². The standard InChI is InChI=1S/C23H22ClNO2S/c1-15-4-5-16(2)21(12-15)25-23(26)17-6-11-22(27-3)18(13-17)14-28-20-9-7-19(24)8-10-20/h4-13H,14H2,1-3H3,(H,25,26). The van der Waals surface area contributed by atoms with E-state index >= 15 is 0 Å². The predicted molar refractivity (Wildman–Crippen MR) is 118 cm³/mol. The van der Waals surface area contributed by atoms with Crippen molar-refractivity contribution >= 4 is 35.0 Å². The molecule has 144 valence electrons. The van der Waals surface area contributed by atoms with E-state index < -0.39 is 0 Å². The molecule has 0 saturated carbocycles. The fourth-order valence-corrected chi connectivity index (χ4v) is 3.79. The number of amides is 1. The number of aryl methyl sites for hydroxylation is 2. The van der Waals surface area contributed by atoms with Gasteiger partial charge in [-0.1, -0.05) is 23.7 Å². The van der Waals surface area contributed by atoms with Crippen LogP contribution in [0.4, 0.5) is 5.69 Å². The number of methoxy groups -OCH3 is 1. The molecule has 3 aromatic carbocycles. The van der Waals surface area contributed by atoms with E-state index in [1.165, 1.54) is 0 Å². The zero-order valence-corrected chi connectivity index (χ0v) is 17.7. The molecule has 0 aliphatic heterocycles.